The van der Waals surface area contributed by atoms with Gasteiger partial charge in [0.2, 0.25) is 5.91 Å². The van der Waals surface area contributed by atoms with Crippen LogP contribution in [0.15, 0.2) is 0 Å². The molecule has 2 fully saturated rings. The Kier molecular flexibility index (Phi) is 7.59. The van der Waals surface area contributed by atoms with Gasteiger partial charge in [0.25, 0.3) is 0 Å². The molecule has 0 heterocycles. The molecule has 0 saturated heterocycles. The molecule has 0 aliphatic heterocycles. The van der Waals surface area contributed by atoms with E-state index in [2.05, 4.69) is 5.32 Å². The average Bonchev–Trinajstić information content (AvgIpc) is 2.45. The van der Waals surface area contributed by atoms with E-state index in [0.717, 1.165) is 25.7 Å². The van der Waals surface area contributed by atoms with Crippen LogP contribution in [0, 0.1) is 17.8 Å². The minimum Gasteiger partial charge on any atom is -0.467 e. The Bertz CT molecular complexity index is 380. The van der Waals surface area contributed by atoms with Gasteiger partial charge in [-0.1, -0.05) is 6.42 Å². The molecule has 0 aromatic rings. The summed E-state index contributed by atoms with van der Waals surface area (Å²) < 4.78 is 9.66. The van der Waals surface area contributed by atoms with E-state index in [0.29, 0.717) is 11.8 Å². The van der Waals surface area contributed by atoms with Crippen molar-refractivity contribution in [2.45, 2.75) is 44.2 Å². The largest absolute Gasteiger partial charge is 0.467 e. The van der Waals surface area contributed by atoms with Crippen LogP contribution in [0.5, 0.6) is 0 Å². The zero-order valence-corrected chi connectivity index (χ0v) is 14.1. The molecule has 2 bridgehead atoms. The Hall–Kier alpha value is -0.850. The topological polar surface area (TPSA) is 90.6 Å². The van der Waals surface area contributed by atoms with Gasteiger partial charge in [0.05, 0.1) is 13.7 Å². The van der Waals surface area contributed by atoms with Crippen molar-refractivity contribution in [2.24, 2.45) is 23.5 Å². The number of hydrogen-bond donors (Lipinski definition) is 2. The molecule has 0 aromatic heterocycles. The van der Waals surface area contributed by atoms with Crippen molar-refractivity contribution >= 4 is 24.3 Å². The lowest BCUT2D eigenvalue weighted by Crippen LogP contribution is -2.52. The summed E-state index contributed by atoms with van der Waals surface area (Å²) in [6, 6.07) is -0.499. The molecular formula is C15H27ClN2O4. The molecule has 0 radical (unpaired) electrons. The molecular weight excluding hydrogens is 308 g/mol. The second-order valence-electron chi connectivity index (χ2n) is 6.24. The Morgan fingerprint density at radius 1 is 1.23 bits per heavy atom. The Morgan fingerprint density at radius 3 is 2.32 bits per heavy atom. The van der Waals surface area contributed by atoms with Crippen molar-refractivity contribution in [3.63, 3.8) is 0 Å². The van der Waals surface area contributed by atoms with E-state index in [9.17, 15) is 9.59 Å². The molecule has 7 heteroatoms. The summed E-state index contributed by atoms with van der Waals surface area (Å²) in [6.07, 6.45) is 5.08. The molecule has 1 amide bonds. The number of halogens is 1. The lowest BCUT2D eigenvalue weighted by molar-refractivity contribution is -0.147. The number of carbonyl (C=O) groups excluding carboxylic acids is 2. The molecule has 0 spiro atoms. The van der Waals surface area contributed by atoms with Gasteiger partial charge < -0.3 is 20.5 Å². The van der Waals surface area contributed by atoms with E-state index in [1.165, 1.54) is 20.6 Å². The van der Waals surface area contributed by atoms with Crippen molar-refractivity contribution in [1.82, 2.24) is 5.32 Å². The van der Waals surface area contributed by atoms with Gasteiger partial charge in [0.15, 0.2) is 6.04 Å². The van der Waals surface area contributed by atoms with Crippen molar-refractivity contribution < 1.29 is 19.1 Å². The van der Waals surface area contributed by atoms with Gasteiger partial charge in [-0.2, -0.15) is 0 Å². The van der Waals surface area contributed by atoms with Crippen LogP contribution >= 0.6 is 12.4 Å². The highest BCUT2D eigenvalue weighted by atomic mass is 35.5. The molecule has 3 unspecified atom stereocenters. The van der Waals surface area contributed by atoms with Gasteiger partial charge in [0.1, 0.15) is 0 Å². The van der Waals surface area contributed by atoms with Crippen LogP contribution in [0.1, 0.15) is 32.1 Å². The summed E-state index contributed by atoms with van der Waals surface area (Å²) in [5.41, 5.74) is 6.24. The summed E-state index contributed by atoms with van der Waals surface area (Å²) in [6.45, 7) is 0.123. The van der Waals surface area contributed by atoms with Crippen LogP contribution in [-0.2, 0) is 19.1 Å². The summed E-state index contributed by atoms with van der Waals surface area (Å²) in [4.78, 5) is 24.1. The summed E-state index contributed by atoms with van der Waals surface area (Å²) >= 11 is 0. The number of rotatable bonds is 5. The minimum atomic E-state index is -0.733. The first-order chi connectivity index (χ1) is 10.1. The van der Waals surface area contributed by atoms with E-state index < -0.39 is 12.0 Å². The molecule has 22 heavy (non-hydrogen) atoms. The number of fused-ring (bicyclic) bond motifs is 2. The number of carbonyl (C=O) groups is 2. The Labute approximate surface area is 137 Å². The standard InChI is InChI=1S/C15H26N2O4.ClH/c1-20-8-12(15(19)21-2)17-14(18)11-6-9-4-3-5-10(7-11)13(9)16;/h9-13H,3-8,16H2,1-2H3,(H,17,18);1H. The zero-order chi connectivity index (χ0) is 15.4. The number of nitrogens with two attached hydrogens (primary N) is 1. The fourth-order valence-corrected chi connectivity index (χ4v) is 3.77. The number of methoxy groups -OCH3 is 2. The normalized spacial score (nSPS) is 31.6. The summed E-state index contributed by atoms with van der Waals surface area (Å²) in [5, 5.41) is 2.76. The predicted octanol–water partition coefficient (Wildman–Crippen LogP) is 0.866. The van der Waals surface area contributed by atoms with E-state index in [4.69, 9.17) is 15.2 Å². The van der Waals surface area contributed by atoms with E-state index >= 15 is 0 Å². The fourth-order valence-electron chi connectivity index (χ4n) is 3.77. The third-order valence-corrected chi connectivity index (χ3v) is 4.92. The number of esters is 1. The molecule has 128 valence electrons. The lowest BCUT2D eigenvalue weighted by Gasteiger charge is -2.43. The highest BCUT2D eigenvalue weighted by Gasteiger charge is 2.41. The minimum absolute atomic E-state index is 0. The van der Waals surface area contributed by atoms with Crippen LogP contribution in [0.3, 0.4) is 0 Å². The van der Waals surface area contributed by atoms with E-state index in [-0.39, 0.29) is 36.9 Å². The maximum Gasteiger partial charge on any atom is 0.330 e. The van der Waals surface area contributed by atoms with Gasteiger partial charge in [-0.25, -0.2) is 4.79 Å². The van der Waals surface area contributed by atoms with Crippen LogP contribution in [0.4, 0.5) is 0 Å². The Balaban J connectivity index is 0.00000242. The van der Waals surface area contributed by atoms with Gasteiger partial charge in [0, 0.05) is 19.1 Å². The van der Waals surface area contributed by atoms with Gasteiger partial charge >= 0.3 is 5.97 Å². The number of nitrogens with one attached hydrogen (secondary N) is 1. The summed E-state index contributed by atoms with van der Waals surface area (Å²) in [7, 11) is 2.80. The molecule has 2 rings (SSSR count). The molecule has 2 aliphatic rings. The van der Waals surface area contributed by atoms with Gasteiger partial charge in [-0.3, -0.25) is 4.79 Å². The van der Waals surface area contributed by atoms with Crippen LogP contribution in [-0.4, -0.2) is 44.8 Å². The smallest absolute Gasteiger partial charge is 0.330 e. The maximum absolute atomic E-state index is 12.4. The molecule has 3 atom stereocenters. The molecule has 2 saturated carbocycles. The number of ether oxygens (including phenoxy) is 2. The molecule has 6 nitrogen and oxygen atoms in total. The maximum atomic E-state index is 12.4. The zero-order valence-electron chi connectivity index (χ0n) is 13.2. The second-order valence-corrected chi connectivity index (χ2v) is 6.24. The van der Waals surface area contributed by atoms with Gasteiger partial charge in [-0.15, -0.1) is 12.4 Å². The summed E-state index contributed by atoms with van der Waals surface area (Å²) in [5.74, 6) is 0.271. The third-order valence-electron chi connectivity index (χ3n) is 4.92. The van der Waals surface area contributed by atoms with Crippen LogP contribution in [0.25, 0.3) is 0 Å². The number of amides is 1. The first-order valence-electron chi connectivity index (χ1n) is 7.69. The van der Waals surface area contributed by atoms with Gasteiger partial charge in [-0.05, 0) is 37.5 Å². The number of hydrogen-bond acceptors (Lipinski definition) is 5. The third kappa shape index (κ3) is 4.33. The molecule has 2 aliphatic carbocycles. The van der Waals surface area contributed by atoms with Crippen LogP contribution in [0.2, 0.25) is 0 Å². The van der Waals surface area contributed by atoms with E-state index in [1.807, 2.05) is 0 Å². The highest BCUT2D eigenvalue weighted by Crippen LogP contribution is 2.41. The Morgan fingerprint density at radius 2 is 1.82 bits per heavy atom. The predicted molar refractivity (Wildman–Crippen MR) is 84.6 cm³/mol. The van der Waals surface area contributed by atoms with Crippen molar-refractivity contribution in [3.05, 3.63) is 0 Å². The van der Waals surface area contributed by atoms with Crippen LogP contribution < -0.4 is 11.1 Å². The molecule has 3 N–H and O–H groups in total. The fraction of sp³-hybridized carbons (Fsp3) is 0.867. The SMILES string of the molecule is COCC(NC(=O)C1CC2CCCC(C1)C2N)C(=O)OC.Cl. The first kappa shape index (κ1) is 19.2. The second kappa shape index (κ2) is 8.70. The van der Waals surface area contributed by atoms with E-state index in [1.54, 1.807) is 0 Å². The lowest BCUT2D eigenvalue weighted by atomic mass is 9.65. The first-order valence-corrected chi connectivity index (χ1v) is 7.69. The highest BCUT2D eigenvalue weighted by molar-refractivity contribution is 5.86. The average molecular weight is 335 g/mol. The molecule has 0 aromatic carbocycles. The quantitative estimate of drug-likeness (QED) is 0.728. The monoisotopic (exact) mass is 334 g/mol. The van der Waals surface area contributed by atoms with Crippen molar-refractivity contribution in [3.8, 4) is 0 Å². The van der Waals surface area contributed by atoms with Crippen molar-refractivity contribution in [2.75, 3.05) is 20.8 Å². The van der Waals surface area contributed by atoms with Crippen molar-refractivity contribution in [1.29, 1.82) is 0 Å².